The fourth-order valence-electron chi connectivity index (χ4n) is 3.05. The Balaban J connectivity index is 1.66. The van der Waals surface area contributed by atoms with Gasteiger partial charge in [-0.2, -0.15) is 0 Å². The molecule has 0 unspecified atom stereocenters. The molecule has 138 valence electrons. The summed E-state index contributed by atoms with van der Waals surface area (Å²) < 4.78 is 11.1. The lowest BCUT2D eigenvalue weighted by Gasteiger charge is -2.34. The van der Waals surface area contributed by atoms with Gasteiger partial charge in [-0.3, -0.25) is 4.79 Å². The molecule has 3 N–H and O–H groups in total. The molecule has 7 heteroatoms. The molecule has 0 saturated carbocycles. The summed E-state index contributed by atoms with van der Waals surface area (Å²) in [4.78, 5) is 12.5. The number of nitrogens with zero attached hydrogens (tertiary/aromatic N) is 1. The maximum absolute atomic E-state index is 12.5. The van der Waals surface area contributed by atoms with Crippen LogP contribution in [0, 0.1) is 0 Å². The average Bonchev–Trinajstić information content (AvgIpc) is 3.18. The lowest BCUT2D eigenvalue weighted by Crippen LogP contribution is -2.48. The minimum Gasteiger partial charge on any atom is -0.508 e. The topological polar surface area (TPSA) is 113 Å². The molecular weight excluding hydrogens is 350 g/mol. The van der Waals surface area contributed by atoms with E-state index in [0.29, 0.717) is 28.3 Å². The number of rotatable bonds is 4. The molecule has 0 bridgehead atoms. The largest absolute Gasteiger partial charge is 0.508 e. The molecule has 1 aromatic heterocycles. The second-order valence-electron chi connectivity index (χ2n) is 6.54. The Bertz CT molecular complexity index is 988. The molecule has 0 aliphatic carbocycles. The summed E-state index contributed by atoms with van der Waals surface area (Å²) in [6, 6.07) is 13.3. The summed E-state index contributed by atoms with van der Waals surface area (Å²) in [7, 11) is 0. The highest BCUT2D eigenvalue weighted by Gasteiger charge is 2.40. The van der Waals surface area contributed by atoms with Crippen molar-refractivity contribution in [1.29, 1.82) is 0 Å². The number of phenolic OH excluding ortho intramolecular Hbond substituents is 1. The molecule has 1 aliphatic heterocycles. The predicted octanol–water partition coefficient (Wildman–Crippen LogP) is 2.40. The van der Waals surface area contributed by atoms with Crippen molar-refractivity contribution in [3.63, 3.8) is 0 Å². The van der Waals surface area contributed by atoms with Crippen LogP contribution >= 0.6 is 0 Å². The molecule has 2 heterocycles. The third-order valence-corrected chi connectivity index (χ3v) is 4.62. The van der Waals surface area contributed by atoms with E-state index < -0.39 is 18.8 Å². The van der Waals surface area contributed by atoms with Gasteiger partial charge in [-0.05, 0) is 42.5 Å². The van der Waals surface area contributed by atoms with Gasteiger partial charge in [-0.1, -0.05) is 5.16 Å². The van der Waals surface area contributed by atoms with Crippen LogP contribution < -0.4 is 4.74 Å². The minimum atomic E-state index is -1.29. The molecule has 0 radical (unpaired) electrons. The third kappa shape index (κ3) is 3.07. The summed E-state index contributed by atoms with van der Waals surface area (Å²) in [5.41, 5.74) is 1.13. The SMILES string of the molecule is O=C1CC(CO)(CO)Oc2ccc(-c3cc(-c4ccc(O)cc4)no3)cc21. The van der Waals surface area contributed by atoms with Gasteiger partial charge >= 0.3 is 0 Å². The van der Waals surface area contributed by atoms with E-state index in [0.717, 1.165) is 5.56 Å². The Morgan fingerprint density at radius 3 is 2.41 bits per heavy atom. The molecule has 0 saturated heterocycles. The van der Waals surface area contributed by atoms with Gasteiger partial charge in [0.05, 0.1) is 25.2 Å². The maximum atomic E-state index is 12.5. The van der Waals surface area contributed by atoms with Crippen LogP contribution in [0.3, 0.4) is 0 Å². The van der Waals surface area contributed by atoms with Crippen molar-refractivity contribution < 1.29 is 29.4 Å². The van der Waals surface area contributed by atoms with Gasteiger partial charge in [0.2, 0.25) is 0 Å². The fourth-order valence-corrected chi connectivity index (χ4v) is 3.05. The van der Waals surface area contributed by atoms with Crippen LogP contribution in [0.4, 0.5) is 0 Å². The second-order valence-corrected chi connectivity index (χ2v) is 6.54. The van der Waals surface area contributed by atoms with Gasteiger partial charge in [-0.15, -0.1) is 0 Å². The molecule has 1 aliphatic rings. The van der Waals surface area contributed by atoms with Crippen molar-refractivity contribution in [1.82, 2.24) is 5.16 Å². The van der Waals surface area contributed by atoms with Crippen LogP contribution in [0.1, 0.15) is 16.8 Å². The molecule has 2 aromatic carbocycles. The number of aromatic hydroxyl groups is 1. The van der Waals surface area contributed by atoms with E-state index in [1.807, 2.05) is 0 Å². The number of hydrogen-bond acceptors (Lipinski definition) is 7. The zero-order chi connectivity index (χ0) is 19.0. The Hall–Kier alpha value is -3.16. The quantitative estimate of drug-likeness (QED) is 0.649. The van der Waals surface area contributed by atoms with Crippen molar-refractivity contribution in [2.45, 2.75) is 12.0 Å². The number of ether oxygens (including phenoxy) is 1. The van der Waals surface area contributed by atoms with E-state index in [4.69, 9.17) is 9.26 Å². The molecular formula is C20H17NO6. The van der Waals surface area contributed by atoms with Crippen LogP contribution in [0.2, 0.25) is 0 Å². The fraction of sp³-hybridized carbons (Fsp3) is 0.200. The number of phenols is 1. The number of aliphatic hydroxyl groups is 2. The van der Waals surface area contributed by atoms with Crippen LogP contribution in [0.5, 0.6) is 11.5 Å². The average molecular weight is 367 g/mol. The number of benzene rings is 2. The normalized spacial score (nSPS) is 15.3. The number of ketones is 1. The van der Waals surface area contributed by atoms with Gasteiger partial charge in [0.1, 0.15) is 17.2 Å². The number of Topliss-reactive ketones (excluding diaryl/α,β-unsaturated/α-hetero) is 1. The van der Waals surface area contributed by atoms with E-state index in [2.05, 4.69) is 5.16 Å². The van der Waals surface area contributed by atoms with E-state index in [-0.39, 0.29) is 18.0 Å². The Labute approximate surface area is 154 Å². The monoisotopic (exact) mass is 367 g/mol. The van der Waals surface area contributed by atoms with Crippen molar-refractivity contribution in [2.24, 2.45) is 0 Å². The summed E-state index contributed by atoms with van der Waals surface area (Å²) in [6.45, 7) is -0.900. The second kappa shape index (κ2) is 6.53. The Morgan fingerprint density at radius 2 is 1.70 bits per heavy atom. The molecule has 0 spiro atoms. The van der Waals surface area contributed by atoms with Gasteiger partial charge in [0, 0.05) is 17.2 Å². The van der Waals surface area contributed by atoms with E-state index in [1.165, 1.54) is 0 Å². The van der Waals surface area contributed by atoms with Crippen LogP contribution in [0.25, 0.3) is 22.6 Å². The highest BCUT2D eigenvalue weighted by molar-refractivity contribution is 6.01. The number of carbonyl (C=O) groups is 1. The Kier molecular flexibility index (Phi) is 4.18. The molecule has 0 atom stereocenters. The standard InChI is InChI=1S/C20H17NO6/c22-10-20(11-23)9-17(25)15-7-13(3-6-18(15)26-20)19-8-16(21-27-19)12-1-4-14(24)5-2-12/h1-8,22-24H,9-11H2. The summed E-state index contributed by atoms with van der Waals surface area (Å²) in [5.74, 6) is 0.739. The molecule has 3 aromatic rings. The summed E-state index contributed by atoms with van der Waals surface area (Å²) in [5, 5.41) is 32.4. The molecule has 0 amide bonds. The first kappa shape index (κ1) is 17.3. The lowest BCUT2D eigenvalue weighted by atomic mass is 9.90. The van der Waals surface area contributed by atoms with Gasteiger partial charge in [0.15, 0.2) is 17.1 Å². The van der Waals surface area contributed by atoms with Crippen LogP contribution in [-0.2, 0) is 0 Å². The number of hydrogen-bond donors (Lipinski definition) is 3. The number of aromatic nitrogens is 1. The highest BCUT2D eigenvalue weighted by atomic mass is 16.5. The predicted molar refractivity (Wildman–Crippen MR) is 95.5 cm³/mol. The van der Waals surface area contributed by atoms with Crippen molar-refractivity contribution in [3.05, 3.63) is 54.1 Å². The van der Waals surface area contributed by atoms with Crippen molar-refractivity contribution >= 4 is 5.78 Å². The zero-order valence-corrected chi connectivity index (χ0v) is 14.3. The first-order chi connectivity index (χ1) is 13.0. The first-order valence-corrected chi connectivity index (χ1v) is 8.38. The van der Waals surface area contributed by atoms with E-state index >= 15 is 0 Å². The van der Waals surface area contributed by atoms with E-state index in [1.54, 1.807) is 48.5 Å². The van der Waals surface area contributed by atoms with Gasteiger partial charge in [-0.25, -0.2) is 0 Å². The maximum Gasteiger partial charge on any atom is 0.170 e. The zero-order valence-electron chi connectivity index (χ0n) is 14.3. The van der Waals surface area contributed by atoms with Crippen molar-refractivity contribution in [3.8, 4) is 34.1 Å². The molecule has 0 fully saturated rings. The number of carbonyl (C=O) groups excluding carboxylic acids is 1. The smallest absolute Gasteiger partial charge is 0.170 e. The van der Waals surface area contributed by atoms with Crippen LogP contribution in [-0.4, -0.2) is 45.1 Å². The van der Waals surface area contributed by atoms with Crippen LogP contribution in [0.15, 0.2) is 53.1 Å². The summed E-state index contributed by atoms with van der Waals surface area (Å²) in [6.07, 6.45) is -0.106. The number of fused-ring (bicyclic) bond motifs is 1. The number of aliphatic hydroxyl groups excluding tert-OH is 2. The molecule has 7 nitrogen and oxygen atoms in total. The Morgan fingerprint density at radius 1 is 1.00 bits per heavy atom. The van der Waals surface area contributed by atoms with E-state index in [9.17, 15) is 20.1 Å². The third-order valence-electron chi connectivity index (χ3n) is 4.62. The van der Waals surface area contributed by atoms with Crippen molar-refractivity contribution in [2.75, 3.05) is 13.2 Å². The minimum absolute atomic E-state index is 0.106. The molecule has 4 rings (SSSR count). The summed E-state index contributed by atoms with van der Waals surface area (Å²) >= 11 is 0. The lowest BCUT2D eigenvalue weighted by molar-refractivity contribution is -0.0403. The molecule has 27 heavy (non-hydrogen) atoms. The van der Waals surface area contributed by atoms with Gasteiger partial charge < -0.3 is 24.6 Å². The van der Waals surface area contributed by atoms with Gasteiger partial charge in [0.25, 0.3) is 0 Å². The highest BCUT2D eigenvalue weighted by Crippen LogP contribution is 2.36. The first-order valence-electron chi connectivity index (χ1n) is 8.38.